The molecule has 4 fully saturated rings. The van der Waals surface area contributed by atoms with Crippen LogP contribution in [0.5, 0.6) is 0 Å². The van der Waals surface area contributed by atoms with Gasteiger partial charge in [0.1, 0.15) is 6.10 Å². The van der Waals surface area contributed by atoms with E-state index in [1.807, 2.05) is 6.92 Å². The van der Waals surface area contributed by atoms with Crippen LogP contribution in [0.1, 0.15) is 112 Å². The molecule has 7 unspecified atom stereocenters. The Balaban J connectivity index is 1.54. The number of carbonyl (C=O) groups is 1. The van der Waals surface area contributed by atoms with Crippen molar-refractivity contribution in [2.75, 3.05) is 0 Å². The summed E-state index contributed by atoms with van der Waals surface area (Å²) in [5.74, 6) is 4.10. The standard InChI is InChI=1S/C29H50O3/c1-7-9-19(4)23-14-15-24-22-13-11-20-10-12-21(32-27(31)18(3)8-2)17-28(20,5)25(22)16-26(30)29(23,24)6/h18-26,30H,7-17H2,1-6H3/t18?,19?,20?,21-,22?,23?,24?,25?,26+,28+,29-/m1/s1. The largest absolute Gasteiger partial charge is 0.462 e. The molecular weight excluding hydrogens is 396 g/mol. The Labute approximate surface area is 197 Å². The van der Waals surface area contributed by atoms with Gasteiger partial charge >= 0.3 is 5.97 Å². The van der Waals surface area contributed by atoms with Crippen LogP contribution >= 0.6 is 0 Å². The molecule has 11 atom stereocenters. The number of ether oxygens (including phenoxy) is 1. The molecule has 0 spiro atoms. The summed E-state index contributed by atoms with van der Waals surface area (Å²) in [5.41, 5.74) is 0.299. The van der Waals surface area contributed by atoms with Crippen LogP contribution < -0.4 is 0 Å². The van der Waals surface area contributed by atoms with Crippen LogP contribution in [-0.4, -0.2) is 23.3 Å². The molecule has 0 aromatic rings. The van der Waals surface area contributed by atoms with Crippen molar-refractivity contribution in [1.29, 1.82) is 0 Å². The zero-order valence-electron chi connectivity index (χ0n) is 21.7. The lowest BCUT2D eigenvalue weighted by Gasteiger charge is -2.62. The van der Waals surface area contributed by atoms with Crippen molar-refractivity contribution in [3.8, 4) is 0 Å². The Kier molecular flexibility index (Phi) is 7.08. The minimum absolute atomic E-state index is 0.00243. The number of rotatable bonds is 6. The van der Waals surface area contributed by atoms with Crippen LogP contribution in [0.25, 0.3) is 0 Å². The van der Waals surface area contributed by atoms with E-state index in [1.165, 1.54) is 44.9 Å². The van der Waals surface area contributed by atoms with Crippen LogP contribution in [0.3, 0.4) is 0 Å². The van der Waals surface area contributed by atoms with Gasteiger partial charge < -0.3 is 9.84 Å². The fourth-order valence-electron chi connectivity index (χ4n) is 9.44. The highest BCUT2D eigenvalue weighted by molar-refractivity contribution is 5.72. The predicted molar refractivity (Wildman–Crippen MR) is 130 cm³/mol. The van der Waals surface area contributed by atoms with Gasteiger partial charge in [-0.15, -0.1) is 0 Å². The maximum Gasteiger partial charge on any atom is 0.308 e. The summed E-state index contributed by atoms with van der Waals surface area (Å²) in [6.45, 7) is 13.7. The Bertz CT molecular complexity index is 675. The van der Waals surface area contributed by atoms with E-state index in [0.717, 1.165) is 37.5 Å². The second-order valence-corrected chi connectivity index (χ2v) is 12.9. The lowest BCUT2D eigenvalue weighted by molar-refractivity contribution is -0.186. The van der Waals surface area contributed by atoms with Crippen molar-refractivity contribution >= 4 is 5.97 Å². The van der Waals surface area contributed by atoms with Gasteiger partial charge in [-0.2, -0.15) is 0 Å². The number of esters is 1. The van der Waals surface area contributed by atoms with E-state index in [-0.39, 0.29) is 34.9 Å². The van der Waals surface area contributed by atoms with Gasteiger partial charge in [0.15, 0.2) is 0 Å². The number of hydrogen-bond donors (Lipinski definition) is 1. The van der Waals surface area contributed by atoms with Crippen molar-refractivity contribution < 1.29 is 14.6 Å². The van der Waals surface area contributed by atoms with E-state index < -0.39 is 0 Å². The highest BCUT2D eigenvalue weighted by Gasteiger charge is 2.64. The monoisotopic (exact) mass is 446 g/mol. The molecule has 1 N–H and O–H groups in total. The summed E-state index contributed by atoms with van der Waals surface area (Å²) < 4.78 is 6.05. The molecule has 0 saturated heterocycles. The number of aliphatic hydroxyl groups is 1. The average Bonchev–Trinajstić information content (AvgIpc) is 3.12. The van der Waals surface area contributed by atoms with Gasteiger partial charge in [0.25, 0.3) is 0 Å². The highest BCUT2D eigenvalue weighted by atomic mass is 16.5. The maximum absolute atomic E-state index is 12.5. The van der Waals surface area contributed by atoms with Gasteiger partial charge in [-0.3, -0.25) is 4.79 Å². The summed E-state index contributed by atoms with van der Waals surface area (Å²) in [7, 11) is 0. The van der Waals surface area contributed by atoms with Crippen molar-refractivity contribution in [2.24, 2.45) is 52.3 Å². The minimum Gasteiger partial charge on any atom is -0.462 e. The molecule has 0 aliphatic heterocycles. The Hall–Kier alpha value is -0.570. The Morgan fingerprint density at radius 3 is 2.44 bits per heavy atom. The number of fused-ring (bicyclic) bond motifs is 5. The fourth-order valence-corrected chi connectivity index (χ4v) is 9.44. The maximum atomic E-state index is 12.5. The zero-order chi connectivity index (χ0) is 23.3. The quantitative estimate of drug-likeness (QED) is 0.446. The molecule has 0 heterocycles. The predicted octanol–water partition coefficient (Wildman–Crippen LogP) is 7.01. The first-order valence-corrected chi connectivity index (χ1v) is 14.0. The van der Waals surface area contributed by atoms with Crippen LogP contribution in [0, 0.1) is 52.3 Å². The van der Waals surface area contributed by atoms with E-state index in [2.05, 4.69) is 34.6 Å². The minimum atomic E-state index is -0.181. The van der Waals surface area contributed by atoms with Crippen molar-refractivity contribution in [3.63, 3.8) is 0 Å². The summed E-state index contributed by atoms with van der Waals surface area (Å²) in [6.07, 6.45) is 12.8. The molecule has 3 heteroatoms. The van der Waals surface area contributed by atoms with E-state index in [1.54, 1.807) is 0 Å². The average molecular weight is 447 g/mol. The van der Waals surface area contributed by atoms with Gasteiger partial charge in [0.05, 0.1) is 12.0 Å². The number of carbonyl (C=O) groups excluding carboxylic acids is 1. The summed E-state index contributed by atoms with van der Waals surface area (Å²) in [5, 5.41) is 11.7. The van der Waals surface area contributed by atoms with Crippen LogP contribution in [0.2, 0.25) is 0 Å². The van der Waals surface area contributed by atoms with E-state index >= 15 is 0 Å². The Morgan fingerprint density at radius 1 is 1.03 bits per heavy atom. The molecule has 0 aromatic carbocycles. The van der Waals surface area contributed by atoms with Crippen LogP contribution in [-0.2, 0) is 9.53 Å². The van der Waals surface area contributed by atoms with Crippen molar-refractivity contribution in [1.82, 2.24) is 0 Å². The molecule has 0 bridgehead atoms. The zero-order valence-corrected chi connectivity index (χ0v) is 21.7. The third-order valence-electron chi connectivity index (χ3n) is 11.5. The molecule has 0 radical (unpaired) electrons. The molecule has 184 valence electrons. The second-order valence-electron chi connectivity index (χ2n) is 12.9. The topological polar surface area (TPSA) is 46.5 Å². The number of hydrogen-bond acceptors (Lipinski definition) is 3. The summed E-state index contributed by atoms with van der Waals surface area (Å²) in [6, 6.07) is 0. The molecule has 4 saturated carbocycles. The molecule has 4 rings (SSSR count). The van der Waals surface area contributed by atoms with Gasteiger partial charge in [-0.05, 0) is 104 Å². The van der Waals surface area contributed by atoms with Crippen LogP contribution in [0.4, 0.5) is 0 Å². The molecule has 4 aliphatic carbocycles. The first-order valence-electron chi connectivity index (χ1n) is 14.0. The molecule has 32 heavy (non-hydrogen) atoms. The van der Waals surface area contributed by atoms with E-state index in [4.69, 9.17) is 4.74 Å². The smallest absolute Gasteiger partial charge is 0.308 e. The molecule has 3 nitrogen and oxygen atoms in total. The molecule has 0 aromatic heterocycles. The lowest BCUT2D eigenvalue weighted by atomic mass is 9.43. The molecular formula is C29H50O3. The highest BCUT2D eigenvalue weighted by Crippen LogP contribution is 2.68. The first kappa shape index (κ1) is 24.6. The third-order valence-corrected chi connectivity index (χ3v) is 11.5. The van der Waals surface area contributed by atoms with Crippen LogP contribution in [0.15, 0.2) is 0 Å². The second kappa shape index (κ2) is 9.23. The van der Waals surface area contributed by atoms with Crippen molar-refractivity contribution in [2.45, 2.75) is 124 Å². The summed E-state index contributed by atoms with van der Waals surface area (Å²) in [4.78, 5) is 12.5. The fraction of sp³-hybridized carbons (Fsp3) is 0.966. The van der Waals surface area contributed by atoms with Crippen molar-refractivity contribution in [3.05, 3.63) is 0 Å². The van der Waals surface area contributed by atoms with Gasteiger partial charge in [-0.1, -0.05) is 54.4 Å². The lowest BCUT2D eigenvalue weighted by Crippen LogP contribution is -2.59. The molecule has 4 aliphatic rings. The van der Waals surface area contributed by atoms with E-state index in [9.17, 15) is 9.90 Å². The third kappa shape index (κ3) is 3.87. The van der Waals surface area contributed by atoms with E-state index in [0.29, 0.717) is 23.7 Å². The Morgan fingerprint density at radius 2 is 1.75 bits per heavy atom. The summed E-state index contributed by atoms with van der Waals surface area (Å²) >= 11 is 0. The normalized spacial score (nSPS) is 47.7. The number of aliphatic hydroxyl groups excluding tert-OH is 1. The van der Waals surface area contributed by atoms with Gasteiger partial charge in [-0.25, -0.2) is 0 Å². The van der Waals surface area contributed by atoms with Gasteiger partial charge in [0.2, 0.25) is 0 Å². The van der Waals surface area contributed by atoms with Gasteiger partial charge in [0, 0.05) is 0 Å². The SMILES string of the molecule is CCCC(C)C1CCC2C3CCC4CC[C@@H](OC(=O)C(C)CC)C[C@]4(C)C3C[C@H](O)[C@]12C. The molecule has 0 amide bonds. The first-order chi connectivity index (χ1) is 15.2.